The molecule has 0 unspecified atom stereocenters. The van der Waals surface area contributed by atoms with Crippen LogP contribution in [0.2, 0.25) is 0 Å². The van der Waals surface area contributed by atoms with Crippen molar-refractivity contribution in [3.8, 4) is 11.5 Å². The summed E-state index contributed by atoms with van der Waals surface area (Å²) in [6.45, 7) is 3.83. The van der Waals surface area contributed by atoms with Gasteiger partial charge in [0.1, 0.15) is 17.5 Å². The second-order valence-corrected chi connectivity index (χ2v) is 7.60. The van der Waals surface area contributed by atoms with Crippen LogP contribution in [0.4, 0.5) is 0 Å². The lowest BCUT2D eigenvalue weighted by Crippen LogP contribution is -2.50. The number of aryl methyl sites for hydroxylation is 1. The van der Waals surface area contributed by atoms with Crippen molar-refractivity contribution in [3.63, 3.8) is 0 Å². The van der Waals surface area contributed by atoms with Crippen molar-refractivity contribution >= 4 is 11.8 Å². The predicted octanol–water partition coefficient (Wildman–Crippen LogP) is 3.26. The van der Waals surface area contributed by atoms with Gasteiger partial charge in [-0.1, -0.05) is 38.1 Å². The third kappa shape index (κ3) is 4.70. The smallest absolute Gasteiger partial charge is 0.252 e. The van der Waals surface area contributed by atoms with E-state index < -0.39 is 6.04 Å². The maximum Gasteiger partial charge on any atom is 0.252 e. The van der Waals surface area contributed by atoms with Crippen LogP contribution in [-0.2, 0) is 11.2 Å². The molecule has 0 saturated carbocycles. The van der Waals surface area contributed by atoms with E-state index in [-0.39, 0.29) is 23.8 Å². The fourth-order valence-corrected chi connectivity index (χ4v) is 3.67. The highest BCUT2D eigenvalue weighted by atomic mass is 16.5. The van der Waals surface area contributed by atoms with Crippen LogP contribution >= 0.6 is 0 Å². The number of fused-ring (bicyclic) bond motifs is 1. The molecule has 6 nitrogen and oxygen atoms in total. The highest BCUT2D eigenvalue weighted by Gasteiger charge is 2.29. The molecule has 2 aromatic carbocycles. The molecule has 0 fully saturated rings. The Labute approximate surface area is 171 Å². The van der Waals surface area contributed by atoms with Gasteiger partial charge in [-0.05, 0) is 42.0 Å². The molecule has 3 rings (SSSR count). The van der Waals surface area contributed by atoms with E-state index in [2.05, 4.69) is 22.8 Å². The molecule has 6 heteroatoms. The molecular formula is C23H28N2O4. The largest absolute Gasteiger partial charge is 0.497 e. The Kier molecular flexibility index (Phi) is 6.42. The SMILES string of the molecule is COc1cc(OC)cc(C(=O)N[C@H](C(=O)N[C@H]2CCc3ccccc32)C(C)C)c1. The van der Waals surface area contributed by atoms with E-state index in [0.29, 0.717) is 17.1 Å². The minimum Gasteiger partial charge on any atom is -0.497 e. The Morgan fingerprint density at radius 1 is 1.03 bits per heavy atom. The van der Waals surface area contributed by atoms with Crippen LogP contribution in [0.3, 0.4) is 0 Å². The zero-order chi connectivity index (χ0) is 21.0. The van der Waals surface area contributed by atoms with E-state index in [1.165, 1.54) is 19.8 Å². The van der Waals surface area contributed by atoms with Crippen LogP contribution in [0.1, 0.15) is 47.8 Å². The van der Waals surface area contributed by atoms with Gasteiger partial charge < -0.3 is 20.1 Å². The summed E-state index contributed by atoms with van der Waals surface area (Å²) in [7, 11) is 3.06. The Balaban J connectivity index is 1.73. The van der Waals surface area contributed by atoms with Crippen molar-refractivity contribution in [1.29, 1.82) is 0 Å². The lowest BCUT2D eigenvalue weighted by molar-refractivity contribution is -0.124. The molecule has 2 amide bonds. The number of amides is 2. The zero-order valence-electron chi connectivity index (χ0n) is 17.3. The second-order valence-electron chi connectivity index (χ2n) is 7.60. The number of nitrogens with one attached hydrogen (secondary N) is 2. The van der Waals surface area contributed by atoms with Crippen LogP contribution in [0.5, 0.6) is 11.5 Å². The van der Waals surface area contributed by atoms with Gasteiger partial charge in [-0.3, -0.25) is 9.59 Å². The van der Waals surface area contributed by atoms with Gasteiger partial charge in [-0.15, -0.1) is 0 Å². The normalized spacial score (nSPS) is 16.1. The molecule has 1 aliphatic rings. The summed E-state index contributed by atoms with van der Waals surface area (Å²) >= 11 is 0. The molecule has 0 radical (unpaired) electrons. The summed E-state index contributed by atoms with van der Waals surface area (Å²) < 4.78 is 10.5. The standard InChI is InChI=1S/C23H28N2O4/c1-14(2)21(23(27)24-20-10-9-15-7-5-6-8-19(15)20)25-22(26)16-11-17(28-3)13-18(12-16)29-4/h5-8,11-14,20-21H,9-10H2,1-4H3,(H,24,27)(H,25,26)/t20-,21-/m0/s1. The topological polar surface area (TPSA) is 76.7 Å². The fourth-order valence-electron chi connectivity index (χ4n) is 3.67. The van der Waals surface area contributed by atoms with Gasteiger partial charge in [-0.25, -0.2) is 0 Å². The van der Waals surface area contributed by atoms with Gasteiger partial charge in [0.2, 0.25) is 5.91 Å². The molecule has 0 spiro atoms. The molecule has 154 valence electrons. The van der Waals surface area contributed by atoms with Crippen LogP contribution in [0.25, 0.3) is 0 Å². The van der Waals surface area contributed by atoms with Crippen molar-refractivity contribution in [2.45, 2.75) is 38.8 Å². The number of hydrogen-bond donors (Lipinski definition) is 2. The third-order valence-corrected chi connectivity index (χ3v) is 5.30. The molecule has 0 saturated heterocycles. The third-order valence-electron chi connectivity index (χ3n) is 5.30. The number of ether oxygens (including phenoxy) is 2. The van der Waals surface area contributed by atoms with Crippen molar-refractivity contribution in [2.24, 2.45) is 5.92 Å². The summed E-state index contributed by atoms with van der Waals surface area (Å²) in [5.41, 5.74) is 2.81. The van der Waals surface area contributed by atoms with Gasteiger partial charge in [0, 0.05) is 11.6 Å². The van der Waals surface area contributed by atoms with Gasteiger partial charge in [0.15, 0.2) is 0 Å². The van der Waals surface area contributed by atoms with Crippen molar-refractivity contribution in [3.05, 3.63) is 59.2 Å². The van der Waals surface area contributed by atoms with Gasteiger partial charge in [-0.2, -0.15) is 0 Å². The first kappa shape index (κ1) is 20.7. The number of carbonyl (C=O) groups excluding carboxylic acids is 2. The molecule has 2 aromatic rings. The summed E-state index contributed by atoms with van der Waals surface area (Å²) in [5, 5.41) is 5.99. The van der Waals surface area contributed by atoms with E-state index in [4.69, 9.17) is 9.47 Å². The van der Waals surface area contributed by atoms with Crippen LogP contribution < -0.4 is 20.1 Å². The molecule has 2 atom stereocenters. The van der Waals surface area contributed by atoms with Gasteiger partial charge in [0.25, 0.3) is 5.91 Å². The molecule has 0 aromatic heterocycles. The van der Waals surface area contributed by atoms with Gasteiger partial charge >= 0.3 is 0 Å². The van der Waals surface area contributed by atoms with E-state index in [1.54, 1.807) is 18.2 Å². The molecule has 2 N–H and O–H groups in total. The zero-order valence-corrected chi connectivity index (χ0v) is 17.3. The monoisotopic (exact) mass is 396 g/mol. The Morgan fingerprint density at radius 2 is 1.69 bits per heavy atom. The van der Waals surface area contributed by atoms with E-state index in [0.717, 1.165) is 18.4 Å². The Morgan fingerprint density at radius 3 is 2.31 bits per heavy atom. The van der Waals surface area contributed by atoms with Crippen molar-refractivity contribution < 1.29 is 19.1 Å². The molecule has 0 bridgehead atoms. The first-order chi connectivity index (χ1) is 13.9. The quantitative estimate of drug-likeness (QED) is 0.753. The molecule has 0 aliphatic heterocycles. The first-order valence-electron chi connectivity index (χ1n) is 9.85. The van der Waals surface area contributed by atoms with Crippen molar-refractivity contribution in [1.82, 2.24) is 10.6 Å². The van der Waals surface area contributed by atoms with Crippen LogP contribution in [0.15, 0.2) is 42.5 Å². The summed E-state index contributed by atoms with van der Waals surface area (Å²) in [6, 6.07) is 12.4. The highest BCUT2D eigenvalue weighted by molar-refractivity contribution is 5.98. The molecule has 1 aliphatic carbocycles. The number of rotatable bonds is 7. The Hall–Kier alpha value is -3.02. The van der Waals surface area contributed by atoms with E-state index in [9.17, 15) is 9.59 Å². The maximum absolute atomic E-state index is 13.0. The van der Waals surface area contributed by atoms with Gasteiger partial charge in [0.05, 0.1) is 20.3 Å². The molecule has 0 heterocycles. The average Bonchev–Trinajstić information content (AvgIpc) is 3.13. The minimum absolute atomic E-state index is 0.0197. The summed E-state index contributed by atoms with van der Waals surface area (Å²) in [5.74, 6) is 0.445. The summed E-state index contributed by atoms with van der Waals surface area (Å²) in [6.07, 6.45) is 1.82. The van der Waals surface area contributed by atoms with Crippen molar-refractivity contribution in [2.75, 3.05) is 14.2 Å². The molecule has 29 heavy (non-hydrogen) atoms. The fraction of sp³-hybridized carbons (Fsp3) is 0.391. The first-order valence-corrected chi connectivity index (χ1v) is 9.85. The molecular weight excluding hydrogens is 368 g/mol. The van der Waals surface area contributed by atoms with Crippen LogP contribution in [0, 0.1) is 5.92 Å². The van der Waals surface area contributed by atoms with E-state index in [1.807, 2.05) is 26.0 Å². The summed E-state index contributed by atoms with van der Waals surface area (Å²) in [4.78, 5) is 25.8. The number of benzene rings is 2. The van der Waals surface area contributed by atoms with Crippen LogP contribution in [-0.4, -0.2) is 32.1 Å². The predicted molar refractivity (Wildman–Crippen MR) is 111 cm³/mol. The maximum atomic E-state index is 13.0. The second kappa shape index (κ2) is 8.99. The minimum atomic E-state index is -0.646. The Bertz CT molecular complexity index is 872. The van der Waals surface area contributed by atoms with E-state index >= 15 is 0 Å². The number of carbonyl (C=O) groups is 2. The lowest BCUT2D eigenvalue weighted by Gasteiger charge is -2.24. The lowest BCUT2D eigenvalue weighted by atomic mass is 10.0. The highest BCUT2D eigenvalue weighted by Crippen LogP contribution is 2.31. The number of hydrogen-bond acceptors (Lipinski definition) is 4. The number of methoxy groups -OCH3 is 2. The average molecular weight is 396 g/mol.